The van der Waals surface area contributed by atoms with Crippen molar-refractivity contribution in [1.82, 2.24) is 4.90 Å². The molecule has 0 saturated heterocycles. The van der Waals surface area contributed by atoms with Crippen LogP contribution in [0.1, 0.15) is 15.9 Å². The molecule has 0 aliphatic carbocycles. The third-order valence-electron chi connectivity index (χ3n) is 3.03. The van der Waals surface area contributed by atoms with Crippen LogP contribution in [0.25, 0.3) is 0 Å². The molecule has 0 heterocycles. The minimum atomic E-state index is -0.0144. The van der Waals surface area contributed by atoms with Gasteiger partial charge in [-0.3, -0.25) is 4.79 Å². The average molecular weight is 323 g/mol. The summed E-state index contributed by atoms with van der Waals surface area (Å²) in [5.41, 5.74) is 2.50. The molecule has 0 saturated carbocycles. The van der Waals surface area contributed by atoms with Crippen LogP contribution in [0.2, 0.25) is 10.0 Å². The maximum Gasteiger partial charge on any atom is 0.253 e. The minimum absolute atomic E-state index is 0.0144. The zero-order chi connectivity index (χ0) is 15.4. The lowest BCUT2D eigenvalue weighted by Gasteiger charge is -2.12. The van der Waals surface area contributed by atoms with Gasteiger partial charge in [0.05, 0.1) is 0 Å². The Morgan fingerprint density at radius 3 is 2.38 bits per heavy atom. The molecule has 1 amide bonds. The molecule has 0 aliphatic rings. The summed E-state index contributed by atoms with van der Waals surface area (Å²) in [7, 11) is 3.46. The molecule has 110 valence electrons. The maximum absolute atomic E-state index is 11.8. The highest BCUT2D eigenvalue weighted by Crippen LogP contribution is 2.22. The van der Waals surface area contributed by atoms with E-state index in [1.165, 1.54) is 0 Å². The fraction of sp³-hybridized carbons (Fsp3) is 0.188. The Morgan fingerprint density at radius 2 is 1.76 bits per heavy atom. The van der Waals surface area contributed by atoms with Gasteiger partial charge in [0.2, 0.25) is 0 Å². The second-order valence-corrected chi connectivity index (χ2v) is 5.71. The highest BCUT2D eigenvalue weighted by Gasteiger charge is 2.07. The first kappa shape index (κ1) is 15.7. The molecule has 0 aliphatic heterocycles. The van der Waals surface area contributed by atoms with Crippen molar-refractivity contribution >= 4 is 34.8 Å². The molecule has 2 aromatic rings. The van der Waals surface area contributed by atoms with Crippen LogP contribution in [0.15, 0.2) is 42.5 Å². The summed E-state index contributed by atoms with van der Waals surface area (Å²) in [6.45, 7) is 0.570. The third-order valence-corrected chi connectivity index (χ3v) is 3.63. The average Bonchev–Trinajstić information content (AvgIpc) is 2.48. The fourth-order valence-electron chi connectivity index (χ4n) is 1.86. The largest absolute Gasteiger partial charge is 0.381 e. The van der Waals surface area contributed by atoms with Gasteiger partial charge in [0.1, 0.15) is 0 Å². The van der Waals surface area contributed by atoms with Crippen molar-refractivity contribution in [2.45, 2.75) is 6.54 Å². The van der Waals surface area contributed by atoms with Crippen molar-refractivity contribution < 1.29 is 4.79 Å². The zero-order valence-electron chi connectivity index (χ0n) is 11.9. The van der Waals surface area contributed by atoms with E-state index < -0.39 is 0 Å². The summed E-state index contributed by atoms with van der Waals surface area (Å²) < 4.78 is 0. The van der Waals surface area contributed by atoms with Crippen molar-refractivity contribution in [2.75, 3.05) is 19.4 Å². The second-order valence-electron chi connectivity index (χ2n) is 4.87. The van der Waals surface area contributed by atoms with Crippen LogP contribution in [0.4, 0.5) is 5.69 Å². The number of amides is 1. The van der Waals surface area contributed by atoms with Gasteiger partial charge in [-0.25, -0.2) is 0 Å². The molecule has 0 bridgehead atoms. The van der Waals surface area contributed by atoms with Gasteiger partial charge in [-0.2, -0.15) is 0 Å². The van der Waals surface area contributed by atoms with E-state index in [2.05, 4.69) is 5.32 Å². The Hall–Kier alpha value is -1.71. The number of hydrogen-bond acceptors (Lipinski definition) is 2. The predicted molar refractivity (Wildman–Crippen MR) is 88.2 cm³/mol. The van der Waals surface area contributed by atoms with E-state index >= 15 is 0 Å². The zero-order valence-corrected chi connectivity index (χ0v) is 13.4. The van der Waals surface area contributed by atoms with Crippen molar-refractivity contribution in [1.29, 1.82) is 0 Å². The second kappa shape index (κ2) is 6.83. The summed E-state index contributed by atoms with van der Waals surface area (Å²) in [6.07, 6.45) is 0. The lowest BCUT2D eigenvalue weighted by Crippen LogP contribution is -2.21. The van der Waals surface area contributed by atoms with Gasteiger partial charge >= 0.3 is 0 Å². The van der Waals surface area contributed by atoms with Crippen LogP contribution < -0.4 is 5.32 Å². The maximum atomic E-state index is 11.8. The van der Waals surface area contributed by atoms with Crippen molar-refractivity contribution in [3.05, 3.63) is 63.6 Å². The van der Waals surface area contributed by atoms with Crippen LogP contribution in [0.5, 0.6) is 0 Å². The molecule has 0 unspecified atom stereocenters. The summed E-state index contributed by atoms with van der Waals surface area (Å²) in [4.78, 5) is 13.3. The van der Waals surface area contributed by atoms with E-state index in [1.54, 1.807) is 43.3 Å². The van der Waals surface area contributed by atoms with Crippen LogP contribution >= 0.6 is 23.2 Å². The molecular weight excluding hydrogens is 307 g/mol. The Kier molecular flexibility index (Phi) is 5.10. The number of halogens is 2. The summed E-state index contributed by atoms with van der Waals surface area (Å²) in [6, 6.07) is 12.7. The van der Waals surface area contributed by atoms with E-state index in [9.17, 15) is 4.79 Å². The van der Waals surface area contributed by atoms with Crippen LogP contribution in [0, 0.1) is 0 Å². The lowest BCUT2D eigenvalue weighted by molar-refractivity contribution is 0.0827. The van der Waals surface area contributed by atoms with E-state index in [-0.39, 0.29) is 5.91 Å². The molecule has 0 radical (unpaired) electrons. The fourth-order valence-corrected chi connectivity index (χ4v) is 2.24. The number of nitrogens with zero attached hydrogens (tertiary/aromatic N) is 1. The molecule has 2 rings (SSSR count). The highest BCUT2D eigenvalue weighted by molar-refractivity contribution is 6.33. The van der Waals surface area contributed by atoms with E-state index in [0.29, 0.717) is 22.2 Å². The smallest absolute Gasteiger partial charge is 0.253 e. The third kappa shape index (κ3) is 4.13. The van der Waals surface area contributed by atoms with Gasteiger partial charge in [-0.05, 0) is 48.0 Å². The van der Waals surface area contributed by atoms with Gasteiger partial charge in [0.25, 0.3) is 5.91 Å². The number of anilines is 1. The lowest BCUT2D eigenvalue weighted by atomic mass is 10.1. The number of nitrogens with one attached hydrogen (secondary N) is 1. The Balaban J connectivity index is 2.04. The van der Waals surface area contributed by atoms with E-state index in [4.69, 9.17) is 23.2 Å². The summed E-state index contributed by atoms with van der Waals surface area (Å²) >= 11 is 12.1. The summed E-state index contributed by atoms with van der Waals surface area (Å²) in [5, 5.41) is 4.58. The van der Waals surface area contributed by atoms with E-state index in [0.717, 1.165) is 11.3 Å². The molecule has 0 fully saturated rings. The van der Waals surface area contributed by atoms with Crippen LogP contribution in [-0.2, 0) is 6.54 Å². The topological polar surface area (TPSA) is 32.3 Å². The Morgan fingerprint density at radius 1 is 1.10 bits per heavy atom. The Bertz CT molecular complexity index is 639. The molecule has 5 heteroatoms. The molecule has 0 spiro atoms. The molecule has 0 aromatic heterocycles. The molecule has 0 atom stereocenters. The van der Waals surface area contributed by atoms with Gasteiger partial charge in [0.15, 0.2) is 0 Å². The van der Waals surface area contributed by atoms with Crippen LogP contribution in [0.3, 0.4) is 0 Å². The minimum Gasteiger partial charge on any atom is -0.381 e. The van der Waals surface area contributed by atoms with Crippen molar-refractivity contribution in [2.24, 2.45) is 0 Å². The first-order valence-corrected chi connectivity index (χ1v) is 7.22. The van der Waals surface area contributed by atoms with Gasteiger partial charge in [0, 0.05) is 41.9 Å². The normalized spacial score (nSPS) is 10.3. The standard InChI is InChI=1S/C16H16Cl2N2O/c1-20(2)16(21)11-3-6-14(7-4-11)19-10-12-9-13(17)5-8-15(12)18/h3-9,19H,10H2,1-2H3. The van der Waals surface area contributed by atoms with Crippen LogP contribution in [-0.4, -0.2) is 24.9 Å². The molecule has 21 heavy (non-hydrogen) atoms. The van der Waals surface area contributed by atoms with Crippen molar-refractivity contribution in [3.63, 3.8) is 0 Å². The predicted octanol–water partition coefficient (Wildman–Crippen LogP) is 4.31. The first-order valence-electron chi connectivity index (χ1n) is 6.47. The van der Waals surface area contributed by atoms with Gasteiger partial charge in [-0.15, -0.1) is 0 Å². The summed E-state index contributed by atoms with van der Waals surface area (Å²) in [5.74, 6) is -0.0144. The SMILES string of the molecule is CN(C)C(=O)c1ccc(NCc2cc(Cl)ccc2Cl)cc1. The van der Waals surface area contributed by atoms with Gasteiger partial charge in [-0.1, -0.05) is 23.2 Å². The number of hydrogen-bond donors (Lipinski definition) is 1. The molecule has 1 N–H and O–H groups in total. The molecular formula is C16H16Cl2N2O. The molecule has 2 aromatic carbocycles. The monoisotopic (exact) mass is 322 g/mol. The van der Waals surface area contributed by atoms with Crippen molar-refractivity contribution in [3.8, 4) is 0 Å². The van der Waals surface area contributed by atoms with E-state index in [1.807, 2.05) is 18.2 Å². The molecule has 3 nitrogen and oxygen atoms in total. The highest BCUT2D eigenvalue weighted by atomic mass is 35.5. The quantitative estimate of drug-likeness (QED) is 0.909. The number of carbonyl (C=O) groups is 1. The number of rotatable bonds is 4. The number of benzene rings is 2. The first-order chi connectivity index (χ1) is 9.97. The van der Waals surface area contributed by atoms with Gasteiger partial charge < -0.3 is 10.2 Å². The number of carbonyl (C=O) groups excluding carboxylic acids is 1. The Labute approximate surface area is 134 Å².